The molecule has 0 aliphatic carbocycles. The molecule has 0 saturated carbocycles. The molecule has 0 unspecified atom stereocenters. The first kappa shape index (κ1) is 4.56. The summed E-state index contributed by atoms with van der Waals surface area (Å²) in [6.45, 7) is 0. The Morgan fingerprint density at radius 2 is 2.29 bits per heavy atom. The molecule has 0 fully saturated rings. The Morgan fingerprint density at radius 3 is 2.43 bits per heavy atom. The Hall–Kier alpha value is -0.600. The lowest BCUT2D eigenvalue weighted by atomic mass is 10.4. The van der Waals surface area contributed by atoms with Crippen molar-refractivity contribution in [3.63, 3.8) is 0 Å². The molecule has 3 heteroatoms. The highest BCUT2D eigenvalue weighted by Crippen LogP contribution is 2.24. The minimum Gasteiger partial charge on any atom is -0.456 e. The van der Waals surface area contributed by atoms with E-state index in [1.807, 2.05) is 0 Å². The first-order valence-corrected chi connectivity index (χ1v) is 1.81. The first-order valence-electron chi connectivity index (χ1n) is 1.81. The van der Waals surface area contributed by atoms with Gasteiger partial charge in [0.1, 0.15) is 12.1 Å². The highest BCUT2D eigenvalue weighted by atomic mass is 19.2. The van der Waals surface area contributed by atoms with Gasteiger partial charge in [0.15, 0.2) is 0 Å². The molecule has 0 aromatic carbocycles. The molecule has 1 heterocycles. The zero-order valence-electron chi connectivity index (χ0n) is 3.45. The van der Waals surface area contributed by atoms with Gasteiger partial charge >= 0.3 is 6.36 Å². The van der Waals surface area contributed by atoms with Crippen LogP contribution in [0.1, 0.15) is 6.42 Å². The van der Waals surface area contributed by atoms with Gasteiger partial charge in [0, 0.05) is 0 Å². The van der Waals surface area contributed by atoms with Crippen molar-refractivity contribution in [1.29, 1.82) is 0 Å². The van der Waals surface area contributed by atoms with E-state index in [1.165, 1.54) is 0 Å². The number of hydrogen-bond donors (Lipinski definition) is 0. The quantitative estimate of drug-likeness (QED) is 0.455. The van der Waals surface area contributed by atoms with Gasteiger partial charge in [-0.2, -0.15) is 4.39 Å². The molecule has 0 saturated heterocycles. The van der Waals surface area contributed by atoms with Crippen molar-refractivity contribution in [1.82, 2.24) is 0 Å². The highest BCUT2D eigenvalue weighted by molar-refractivity contribution is 4.99. The van der Waals surface area contributed by atoms with Crippen molar-refractivity contribution >= 4 is 0 Å². The van der Waals surface area contributed by atoms with E-state index in [0.717, 1.165) is 6.26 Å². The number of rotatable bonds is 0. The van der Waals surface area contributed by atoms with Crippen LogP contribution in [-0.2, 0) is 4.74 Å². The molecule has 0 spiro atoms. The van der Waals surface area contributed by atoms with Crippen molar-refractivity contribution in [2.75, 3.05) is 0 Å². The van der Waals surface area contributed by atoms with Crippen LogP contribution in [0.2, 0.25) is 0 Å². The van der Waals surface area contributed by atoms with Crippen molar-refractivity contribution < 1.29 is 13.5 Å². The molecule has 0 amide bonds. The van der Waals surface area contributed by atoms with E-state index >= 15 is 0 Å². The first-order chi connectivity index (χ1) is 3.29. The van der Waals surface area contributed by atoms with Crippen molar-refractivity contribution in [3.8, 4) is 0 Å². The summed E-state index contributed by atoms with van der Waals surface area (Å²) in [5.41, 5.74) is 0. The fourth-order valence-electron chi connectivity index (χ4n) is 0.344. The lowest BCUT2D eigenvalue weighted by Gasteiger charge is -1.88. The summed E-state index contributed by atoms with van der Waals surface area (Å²) in [6, 6.07) is 0. The Bertz CT molecular complexity index is 99.9. The predicted molar refractivity (Wildman–Crippen MR) is 19.2 cm³/mol. The second-order valence-electron chi connectivity index (χ2n) is 1.21. The number of halogens is 2. The largest absolute Gasteiger partial charge is 0.456 e. The Morgan fingerprint density at radius 1 is 1.57 bits per heavy atom. The van der Waals surface area contributed by atoms with Crippen molar-refractivity contribution in [3.05, 3.63) is 18.4 Å². The molecule has 0 aromatic rings. The van der Waals surface area contributed by atoms with Crippen LogP contribution in [0.15, 0.2) is 12.1 Å². The zero-order chi connectivity index (χ0) is 5.28. The lowest BCUT2D eigenvalue weighted by molar-refractivity contribution is 0.161. The molecular formula is C4H3F2O. The van der Waals surface area contributed by atoms with E-state index in [2.05, 4.69) is 4.74 Å². The van der Waals surface area contributed by atoms with Gasteiger partial charge in [-0.1, -0.05) is 0 Å². The van der Waals surface area contributed by atoms with Crippen LogP contribution in [0.25, 0.3) is 0 Å². The molecule has 1 nitrogen and oxygen atoms in total. The lowest BCUT2D eigenvalue weighted by Crippen LogP contribution is -1.79. The van der Waals surface area contributed by atoms with Crippen LogP contribution in [0, 0.1) is 6.36 Å². The van der Waals surface area contributed by atoms with Gasteiger partial charge in [0.25, 0.3) is 0 Å². The average molecular weight is 105 g/mol. The Balaban J connectivity index is 2.42. The van der Waals surface area contributed by atoms with Crippen LogP contribution in [0.3, 0.4) is 0 Å². The summed E-state index contributed by atoms with van der Waals surface area (Å²) in [7, 11) is 0. The van der Waals surface area contributed by atoms with Gasteiger partial charge in [-0.15, -0.1) is 0 Å². The smallest absolute Gasteiger partial charge is 0.324 e. The normalized spacial score (nSPS) is 21.7. The minimum absolute atomic E-state index is 0.306. The molecule has 39 valence electrons. The third-order valence-corrected chi connectivity index (χ3v) is 0.623. The molecule has 1 radical (unpaired) electrons. The van der Waals surface area contributed by atoms with Crippen molar-refractivity contribution in [2.24, 2.45) is 0 Å². The molecule has 7 heavy (non-hydrogen) atoms. The monoisotopic (exact) mass is 105 g/mol. The van der Waals surface area contributed by atoms with Gasteiger partial charge in [0.2, 0.25) is 0 Å². The molecule has 0 bridgehead atoms. The standard InChI is InChI=1S/C4H3F2O/c5-3-1-4(6)7-2-3/h2H,1H2. The van der Waals surface area contributed by atoms with Gasteiger partial charge < -0.3 is 4.74 Å². The van der Waals surface area contributed by atoms with Crippen LogP contribution in [-0.4, -0.2) is 0 Å². The maximum atomic E-state index is 11.6. The Labute approximate surface area is 39.6 Å². The summed E-state index contributed by atoms with van der Waals surface area (Å²) in [5.74, 6) is -0.558. The molecule has 1 aliphatic heterocycles. The zero-order valence-corrected chi connectivity index (χ0v) is 3.45. The second-order valence-corrected chi connectivity index (χ2v) is 1.21. The molecular weight excluding hydrogens is 102 g/mol. The Kier molecular flexibility index (Phi) is 0.964. The van der Waals surface area contributed by atoms with E-state index in [9.17, 15) is 8.78 Å². The highest BCUT2D eigenvalue weighted by Gasteiger charge is 2.18. The van der Waals surface area contributed by atoms with Crippen LogP contribution in [0.5, 0.6) is 0 Å². The summed E-state index contributed by atoms with van der Waals surface area (Å²) in [5, 5.41) is 0. The van der Waals surface area contributed by atoms with Gasteiger partial charge in [-0.3, -0.25) is 0 Å². The SMILES string of the molecule is F[C]1CC(F)=CO1. The van der Waals surface area contributed by atoms with E-state index in [4.69, 9.17) is 0 Å². The summed E-state index contributed by atoms with van der Waals surface area (Å²) in [6.07, 6.45) is -0.312. The summed E-state index contributed by atoms with van der Waals surface area (Å²) in [4.78, 5) is 0. The number of ether oxygens (including phenoxy) is 1. The molecule has 1 rings (SSSR count). The van der Waals surface area contributed by atoms with Gasteiger partial charge in [0.05, 0.1) is 6.42 Å². The van der Waals surface area contributed by atoms with Crippen LogP contribution in [0.4, 0.5) is 8.78 Å². The van der Waals surface area contributed by atoms with E-state index < -0.39 is 12.2 Å². The van der Waals surface area contributed by atoms with Crippen LogP contribution < -0.4 is 0 Å². The fraction of sp³-hybridized carbons (Fsp3) is 0.250. The molecule has 0 N–H and O–H groups in total. The maximum Gasteiger partial charge on any atom is 0.324 e. The third-order valence-electron chi connectivity index (χ3n) is 0.623. The van der Waals surface area contributed by atoms with Crippen LogP contribution >= 0.6 is 0 Å². The predicted octanol–water partition coefficient (Wildman–Crippen LogP) is 1.68. The third kappa shape index (κ3) is 0.885. The van der Waals surface area contributed by atoms with E-state index in [-0.39, 0.29) is 6.42 Å². The minimum atomic E-state index is -0.766. The maximum absolute atomic E-state index is 11.6. The molecule has 1 aliphatic rings. The van der Waals surface area contributed by atoms with E-state index in [0.29, 0.717) is 0 Å². The topological polar surface area (TPSA) is 9.23 Å². The average Bonchev–Trinajstić information content (AvgIpc) is 1.87. The summed E-state index contributed by atoms with van der Waals surface area (Å²) >= 11 is 0. The van der Waals surface area contributed by atoms with Crippen molar-refractivity contribution in [2.45, 2.75) is 6.42 Å². The molecule has 0 aromatic heterocycles. The molecule has 0 atom stereocenters. The summed E-state index contributed by atoms with van der Waals surface area (Å²) < 4.78 is 27.2. The van der Waals surface area contributed by atoms with E-state index in [1.54, 1.807) is 0 Å². The van der Waals surface area contributed by atoms with Gasteiger partial charge in [-0.05, 0) is 0 Å². The number of hydrogen-bond acceptors (Lipinski definition) is 1. The van der Waals surface area contributed by atoms with Gasteiger partial charge in [-0.25, -0.2) is 4.39 Å². The fourth-order valence-corrected chi connectivity index (χ4v) is 0.344. The second kappa shape index (κ2) is 1.48.